The molecule has 1 aliphatic heterocycles. The minimum Gasteiger partial charge on any atom is -0.746 e. The van der Waals surface area contributed by atoms with Crippen molar-refractivity contribution in [3.63, 3.8) is 0 Å². The Labute approximate surface area is 166 Å². The summed E-state index contributed by atoms with van der Waals surface area (Å²) in [6, 6.07) is 6.36. The molecule has 0 spiro atoms. The fraction of sp³-hybridized carbons (Fsp3) is 0.308. The Morgan fingerprint density at radius 3 is 2.50 bits per heavy atom. The number of nitrogens with one attached hydrogen (secondary N) is 1. The monoisotopic (exact) mass is 384 g/mol. The summed E-state index contributed by atoms with van der Waals surface area (Å²) >= 11 is 5.71. The topological polar surface area (TPSA) is 108 Å². The zero-order valence-corrected chi connectivity index (χ0v) is 16.6. The SMILES string of the molecule is COc1ccc(COCN2C=C(Cl)C(S(=O)(=O)[O-])NC2=O)cc1.[Na+]. The van der Waals surface area contributed by atoms with Crippen LogP contribution in [0.4, 0.5) is 4.79 Å². The third-order valence-corrected chi connectivity index (χ3v) is 4.39. The van der Waals surface area contributed by atoms with Crippen LogP contribution in [0.5, 0.6) is 5.75 Å². The molecule has 24 heavy (non-hydrogen) atoms. The third kappa shape index (κ3) is 5.62. The molecule has 1 unspecified atom stereocenters. The predicted molar refractivity (Wildman–Crippen MR) is 80.4 cm³/mol. The first kappa shape index (κ1) is 21.2. The number of nitrogens with zero attached hydrogens (tertiary/aromatic N) is 1. The van der Waals surface area contributed by atoms with Crippen LogP contribution < -0.4 is 39.6 Å². The molecule has 1 aromatic carbocycles. The van der Waals surface area contributed by atoms with Crippen LogP contribution in [0.1, 0.15) is 5.56 Å². The van der Waals surface area contributed by atoms with Crippen molar-refractivity contribution in [1.82, 2.24) is 10.2 Å². The molecule has 0 bridgehead atoms. The van der Waals surface area contributed by atoms with E-state index in [4.69, 9.17) is 21.1 Å². The number of urea groups is 1. The van der Waals surface area contributed by atoms with Gasteiger partial charge in [-0.25, -0.2) is 13.2 Å². The molecule has 0 saturated carbocycles. The van der Waals surface area contributed by atoms with E-state index in [1.165, 1.54) is 0 Å². The maximum Gasteiger partial charge on any atom is 1.00 e. The van der Waals surface area contributed by atoms with E-state index in [1.54, 1.807) is 31.4 Å². The number of methoxy groups -OCH3 is 1. The second-order valence-corrected chi connectivity index (χ2v) is 6.53. The molecule has 1 heterocycles. The number of hydrogen-bond donors (Lipinski definition) is 1. The molecule has 8 nitrogen and oxygen atoms in total. The number of amides is 2. The predicted octanol–water partition coefficient (Wildman–Crippen LogP) is -1.85. The first-order valence-corrected chi connectivity index (χ1v) is 8.26. The summed E-state index contributed by atoms with van der Waals surface area (Å²) in [6.45, 7) is 0.0717. The van der Waals surface area contributed by atoms with Gasteiger partial charge >= 0.3 is 35.6 Å². The van der Waals surface area contributed by atoms with Crippen molar-refractivity contribution < 1.29 is 56.8 Å². The molecular weight excluding hydrogens is 371 g/mol. The molecule has 0 aliphatic carbocycles. The molecular formula is C13H14ClN2NaO6S. The van der Waals surface area contributed by atoms with Gasteiger partial charge < -0.3 is 19.3 Å². The van der Waals surface area contributed by atoms with Gasteiger partial charge in [-0.05, 0) is 17.7 Å². The summed E-state index contributed by atoms with van der Waals surface area (Å²) in [5.74, 6) is 0.712. The zero-order valence-electron chi connectivity index (χ0n) is 13.1. The number of carbonyl (C=O) groups is 1. The van der Waals surface area contributed by atoms with E-state index in [2.05, 4.69) is 0 Å². The maximum atomic E-state index is 11.7. The van der Waals surface area contributed by atoms with E-state index in [0.717, 1.165) is 16.7 Å². The van der Waals surface area contributed by atoms with Crippen molar-refractivity contribution in [2.75, 3.05) is 13.8 Å². The molecule has 1 atom stereocenters. The quantitative estimate of drug-likeness (QED) is 0.455. The van der Waals surface area contributed by atoms with Gasteiger partial charge in [0.25, 0.3) is 0 Å². The van der Waals surface area contributed by atoms with Crippen molar-refractivity contribution in [3.05, 3.63) is 41.1 Å². The van der Waals surface area contributed by atoms with E-state index >= 15 is 0 Å². The Morgan fingerprint density at radius 1 is 1.33 bits per heavy atom. The third-order valence-electron chi connectivity index (χ3n) is 2.99. The summed E-state index contributed by atoms with van der Waals surface area (Å²) in [5, 5.41) is -0.0578. The Kier molecular flexibility index (Phi) is 8.00. The first-order chi connectivity index (χ1) is 10.8. The van der Waals surface area contributed by atoms with E-state index in [-0.39, 0.29) is 47.9 Å². The molecule has 11 heteroatoms. The smallest absolute Gasteiger partial charge is 0.746 e. The van der Waals surface area contributed by atoms with E-state index in [1.807, 2.05) is 5.32 Å². The van der Waals surface area contributed by atoms with Crippen molar-refractivity contribution >= 4 is 27.8 Å². The van der Waals surface area contributed by atoms with Gasteiger partial charge in [0.15, 0.2) is 5.37 Å². The Hall–Kier alpha value is -0.810. The van der Waals surface area contributed by atoms with Gasteiger partial charge in [-0.2, -0.15) is 0 Å². The first-order valence-electron chi connectivity index (χ1n) is 6.41. The molecule has 2 rings (SSSR count). The van der Waals surface area contributed by atoms with Crippen molar-refractivity contribution in [1.29, 1.82) is 0 Å². The van der Waals surface area contributed by atoms with Crippen molar-refractivity contribution in [2.45, 2.75) is 12.0 Å². The largest absolute Gasteiger partial charge is 1.00 e. The molecule has 1 aliphatic rings. The van der Waals surface area contributed by atoms with Crippen molar-refractivity contribution in [3.8, 4) is 5.75 Å². The number of halogens is 1. The van der Waals surface area contributed by atoms with Crippen LogP contribution in [0.2, 0.25) is 0 Å². The molecule has 126 valence electrons. The molecule has 2 amide bonds. The Bertz CT molecular complexity index is 710. The second-order valence-electron chi connectivity index (χ2n) is 4.63. The van der Waals surface area contributed by atoms with Gasteiger partial charge in [0.1, 0.15) is 22.6 Å². The number of benzene rings is 1. The zero-order chi connectivity index (χ0) is 17.0. The van der Waals surface area contributed by atoms with Crippen molar-refractivity contribution in [2.24, 2.45) is 0 Å². The summed E-state index contributed by atoms with van der Waals surface area (Å²) < 4.78 is 43.2. The second kappa shape index (κ2) is 9.04. The molecule has 0 saturated heterocycles. The van der Waals surface area contributed by atoms with Crippen LogP contribution in [0.15, 0.2) is 35.5 Å². The average molecular weight is 385 g/mol. The summed E-state index contributed by atoms with van der Waals surface area (Å²) in [5.41, 5.74) is 0.860. The molecule has 1 N–H and O–H groups in total. The van der Waals surface area contributed by atoms with Crippen LogP contribution in [0.3, 0.4) is 0 Å². The summed E-state index contributed by atoms with van der Waals surface area (Å²) in [6.07, 6.45) is 1.06. The number of carbonyl (C=O) groups excluding carboxylic acids is 1. The van der Waals surface area contributed by atoms with Gasteiger partial charge in [0, 0.05) is 6.20 Å². The molecule has 0 radical (unpaired) electrons. The number of ether oxygens (including phenoxy) is 2. The van der Waals surface area contributed by atoms with Gasteiger partial charge in [0.05, 0.1) is 18.7 Å². The summed E-state index contributed by atoms with van der Waals surface area (Å²) in [7, 11) is -3.20. The average Bonchev–Trinajstić information content (AvgIpc) is 2.50. The van der Waals surface area contributed by atoms with Crippen LogP contribution >= 0.6 is 11.6 Å². The fourth-order valence-electron chi connectivity index (χ4n) is 1.83. The molecule has 0 fully saturated rings. The van der Waals surface area contributed by atoms with Gasteiger partial charge in [-0.3, -0.25) is 4.90 Å². The van der Waals surface area contributed by atoms with Crippen LogP contribution in [-0.2, 0) is 21.5 Å². The van der Waals surface area contributed by atoms with E-state index in [0.29, 0.717) is 5.75 Å². The number of hydrogen-bond acceptors (Lipinski definition) is 6. The minimum atomic E-state index is -4.76. The van der Waals surface area contributed by atoms with Crippen LogP contribution in [0.25, 0.3) is 0 Å². The van der Waals surface area contributed by atoms with E-state index in [9.17, 15) is 17.8 Å². The van der Waals surface area contributed by atoms with Crippen LogP contribution in [0, 0.1) is 0 Å². The van der Waals surface area contributed by atoms with Gasteiger partial charge in [-0.1, -0.05) is 23.7 Å². The number of rotatable bonds is 6. The maximum absolute atomic E-state index is 11.7. The van der Waals surface area contributed by atoms with Crippen LogP contribution in [-0.4, -0.2) is 43.1 Å². The molecule has 1 aromatic rings. The van der Waals surface area contributed by atoms with Gasteiger partial charge in [-0.15, -0.1) is 0 Å². The Balaban J connectivity index is 0.00000288. The van der Waals surface area contributed by atoms with Gasteiger partial charge in [0.2, 0.25) is 0 Å². The minimum absolute atomic E-state index is 0. The standard InChI is InChI=1S/C13H15ClN2O6S.Na/c1-21-10-4-2-9(3-5-10)7-22-8-16-6-11(14)12(15-13(16)17)23(18,19)20;/h2-6,12H,7-8H2,1H3,(H,15,17)(H,18,19,20);/q;+1/p-1. The summed E-state index contributed by atoms with van der Waals surface area (Å²) in [4.78, 5) is 12.8. The van der Waals surface area contributed by atoms with E-state index < -0.39 is 21.5 Å². The molecule has 0 aromatic heterocycles. The Morgan fingerprint density at radius 2 is 1.96 bits per heavy atom. The normalized spacial score (nSPS) is 17.6. The fourth-order valence-corrected chi connectivity index (χ4v) is 2.91.